The minimum Gasteiger partial charge on any atom is -0.348 e. The van der Waals surface area contributed by atoms with Gasteiger partial charge in [-0.15, -0.1) is 0 Å². The molecule has 0 aliphatic rings. The molecule has 0 bridgehead atoms. The lowest BCUT2D eigenvalue weighted by Gasteiger charge is -2.23. The lowest BCUT2D eigenvalue weighted by Crippen LogP contribution is -2.33. The number of rotatable bonds is 7. The van der Waals surface area contributed by atoms with Crippen molar-refractivity contribution in [2.24, 2.45) is 5.92 Å². The van der Waals surface area contributed by atoms with Crippen molar-refractivity contribution in [1.82, 2.24) is 15.3 Å². The summed E-state index contributed by atoms with van der Waals surface area (Å²) in [4.78, 5) is 20.5. The Morgan fingerprint density at radius 1 is 1.17 bits per heavy atom. The van der Waals surface area contributed by atoms with E-state index < -0.39 is 0 Å². The summed E-state index contributed by atoms with van der Waals surface area (Å²) in [5.74, 6) is 0.644. The molecule has 1 amide bonds. The van der Waals surface area contributed by atoms with Crippen LogP contribution in [0.1, 0.15) is 37.9 Å². The highest BCUT2D eigenvalue weighted by molar-refractivity contribution is 7.99. The third-order valence-electron chi connectivity index (χ3n) is 3.60. The molecule has 1 N–H and O–H groups in total. The Bertz CT molecular complexity index is 614. The van der Waals surface area contributed by atoms with Crippen LogP contribution in [0.3, 0.4) is 0 Å². The average molecular weight is 329 g/mol. The Hall–Kier alpha value is -1.88. The number of hydrogen-bond acceptors (Lipinski definition) is 4. The van der Waals surface area contributed by atoms with E-state index in [1.807, 2.05) is 0 Å². The lowest BCUT2D eigenvalue weighted by atomic mass is 9.95. The topological polar surface area (TPSA) is 54.9 Å². The summed E-state index contributed by atoms with van der Waals surface area (Å²) in [7, 11) is 0. The third kappa shape index (κ3) is 5.36. The molecule has 0 saturated carbocycles. The zero-order valence-corrected chi connectivity index (χ0v) is 14.6. The lowest BCUT2D eigenvalue weighted by molar-refractivity contribution is -0.119. The van der Waals surface area contributed by atoms with E-state index in [4.69, 9.17) is 0 Å². The monoisotopic (exact) mass is 329 g/mol. The molecule has 0 aliphatic heterocycles. The van der Waals surface area contributed by atoms with Gasteiger partial charge in [0.2, 0.25) is 5.91 Å². The van der Waals surface area contributed by atoms with Crippen molar-refractivity contribution in [1.29, 1.82) is 0 Å². The largest absolute Gasteiger partial charge is 0.348 e. The summed E-state index contributed by atoms with van der Waals surface area (Å²) in [5, 5.41) is 3.75. The standard InChI is InChI=1S/C18H23N3OS/c1-4-14-6-8-15(9-7-14)17(13(2)3)21-16(22)12-23-18-19-10-5-11-20-18/h5-11,13,17H,4,12H2,1-3H3,(H,21,22)/t17-/m1/s1. The van der Waals surface area contributed by atoms with Gasteiger partial charge in [-0.3, -0.25) is 4.79 Å². The van der Waals surface area contributed by atoms with E-state index in [1.165, 1.54) is 17.3 Å². The Kier molecular flexibility index (Phi) is 6.59. The second-order valence-corrected chi connectivity index (χ2v) is 6.65. The fourth-order valence-corrected chi connectivity index (χ4v) is 2.92. The van der Waals surface area contributed by atoms with Gasteiger partial charge in [0, 0.05) is 12.4 Å². The molecule has 0 saturated heterocycles. The number of nitrogens with zero attached hydrogens (tertiary/aromatic N) is 2. The van der Waals surface area contributed by atoms with E-state index in [0.29, 0.717) is 16.8 Å². The zero-order valence-electron chi connectivity index (χ0n) is 13.8. The number of hydrogen-bond donors (Lipinski definition) is 1. The highest BCUT2D eigenvalue weighted by Crippen LogP contribution is 2.22. The van der Waals surface area contributed by atoms with Gasteiger partial charge in [0.25, 0.3) is 0 Å². The molecular formula is C18H23N3OS. The highest BCUT2D eigenvalue weighted by Gasteiger charge is 2.18. The SMILES string of the molecule is CCc1ccc([C@H](NC(=O)CSc2ncccn2)C(C)C)cc1. The number of carbonyl (C=O) groups excluding carboxylic acids is 1. The van der Waals surface area contributed by atoms with Crippen LogP contribution in [0.2, 0.25) is 0 Å². The number of thioether (sulfide) groups is 1. The van der Waals surface area contributed by atoms with E-state index in [-0.39, 0.29) is 11.9 Å². The van der Waals surface area contributed by atoms with Crippen LogP contribution in [0.15, 0.2) is 47.9 Å². The van der Waals surface area contributed by atoms with Crippen LogP contribution in [-0.2, 0) is 11.2 Å². The number of aromatic nitrogens is 2. The predicted molar refractivity (Wildman–Crippen MR) is 94.3 cm³/mol. The van der Waals surface area contributed by atoms with E-state index >= 15 is 0 Å². The maximum absolute atomic E-state index is 12.2. The molecule has 1 atom stereocenters. The first-order valence-corrected chi connectivity index (χ1v) is 8.86. The number of carbonyl (C=O) groups is 1. The van der Waals surface area contributed by atoms with Crippen molar-refractivity contribution in [3.8, 4) is 0 Å². The first kappa shape index (κ1) is 17.5. The molecule has 0 radical (unpaired) electrons. The first-order chi connectivity index (χ1) is 11.1. The first-order valence-electron chi connectivity index (χ1n) is 7.88. The van der Waals surface area contributed by atoms with Crippen molar-refractivity contribution >= 4 is 17.7 Å². The fourth-order valence-electron chi connectivity index (χ4n) is 2.30. The molecule has 0 unspecified atom stereocenters. The summed E-state index contributed by atoms with van der Waals surface area (Å²) >= 11 is 1.35. The molecule has 1 aromatic carbocycles. The average Bonchev–Trinajstić information content (AvgIpc) is 2.58. The van der Waals surface area contributed by atoms with Crippen molar-refractivity contribution < 1.29 is 4.79 Å². The minimum atomic E-state index is 0.000668. The molecule has 0 fully saturated rings. The van der Waals surface area contributed by atoms with Gasteiger partial charge in [-0.25, -0.2) is 9.97 Å². The van der Waals surface area contributed by atoms with Crippen molar-refractivity contribution in [3.05, 3.63) is 53.9 Å². The van der Waals surface area contributed by atoms with Crippen LogP contribution >= 0.6 is 11.8 Å². The molecule has 1 heterocycles. The number of amides is 1. The van der Waals surface area contributed by atoms with Gasteiger partial charge in [-0.1, -0.05) is 56.8 Å². The number of aryl methyl sites for hydroxylation is 1. The second kappa shape index (κ2) is 8.67. The highest BCUT2D eigenvalue weighted by atomic mass is 32.2. The van der Waals surface area contributed by atoms with E-state index in [2.05, 4.69) is 60.3 Å². The Labute approximate surface area is 142 Å². The summed E-state index contributed by atoms with van der Waals surface area (Å²) in [6, 6.07) is 10.3. The summed E-state index contributed by atoms with van der Waals surface area (Å²) in [6.45, 7) is 6.37. The second-order valence-electron chi connectivity index (χ2n) is 5.70. The molecule has 4 nitrogen and oxygen atoms in total. The van der Waals surface area contributed by atoms with E-state index in [9.17, 15) is 4.79 Å². The van der Waals surface area contributed by atoms with Gasteiger partial charge in [-0.2, -0.15) is 0 Å². The quantitative estimate of drug-likeness (QED) is 0.622. The normalized spacial score (nSPS) is 12.2. The summed E-state index contributed by atoms with van der Waals surface area (Å²) in [6.07, 6.45) is 4.38. The molecule has 5 heteroatoms. The Balaban J connectivity index is 1.96. The maximum Gasteiger partial charge on any atom is 0.230 e. The van der Waals surface area contributed by atoms with Gasteiger partial charge in [-0.05, 0) is 29.5 Å². The summed E-state index contributed by atoms with van der Waals surface area (Å²) in [5.41, 5.74) is 2.45. The van der Waals surface area contributed by atoms with Gasteiger partial charge in [0.1, 0.15) is 0 Å². The van der Waals surface area contributed by atoms with Crippen LogP contribution < -0.4 is 5.32 Å². The van der Waals surface area contributed by atoms with E-state index in [1.54, 1.807) is 18.5 Å². The molecular weight excluding hydrogens is 306 g/mol. The van der Waals surface area contributed by atoms with Crippen LogP contribution in [0.25, 0.3) is 0 Å². The van der Waals surface area contributed by atoms with Crippen molar-refractivity contribution in [2.45, 2.75) is 38.4 Å². The van der Waals surface area contributed by atoms with Crippen LogP contribution in [0, 0.1) is 5.92 Å². The maximum atomic E-state index is 12.2. The number of nitrogens with one attached hydrogen (secondary N) is 1. The molecule has 2 aromatic rings. The molecule has 2 rings (SSSR count). The Morgan fingerprint density at radius 3 is 2.39 bits per heavy atom. The van der Waals surface area contributed by atoms with Crippen LogP contribution in [0.5, 0.6) is 0 Å². The predicted octanol–water partition coefficient (Wildman–Crippen LogP) is 3.64. The Morgan fingerprint density at radius 2 is 1.83 bits per heavy atom. The molecule has 23 heavy (non-hydrogen) atoms. The van der Waals surface area contributed by atoms with Gasteiger partial charge >= 0.3 is 0 Å². The molecule has 0 spiro atoms. The molecule has 0 aliphatic carbocycles. The van der Waals surface area contributed by atoms with Gasteiger partial charge in [0.15, 0.2) is 5.16 Å². The third-order valence-corrected chi connectivity index (χ3v) is 4.48. The minimum absolute atomic E-state index is 0.000668. The van der Waals surface area contributed by atoms with Crippen LogP contribution in [0.4, 0.5) is 0 Å². The van der Waals surface area contributed by atoms with Crippen molar-refractivity contribution in [3.63, 3.8) is 0 Å². The number of benzene rings is 1. The van der Waals surface area contributed by atoms with Gasteiger partial charge in [0.05, 0.1) is 11.8 Å². The fraction of sp³-hybridized carbons (Fsp3) is 0.389. The van der Waals surface area contributed by atoms with Crippen LogP contribution in [-0.4, -0.2) is 21.6 Å². The molecule has 122 valence electrons. The van der Waals surface area contributed by atoms with Gasteiger partial charge < -0.3 is 5.32 Å². The smallest absolute Gasteiger partial charge is 0.230 e. The van der Waals surface area contributed by atoms with E-state index in [0.717, 1.165) is 12.0 Å². The van der Waals surface area contributed by atoms with Crippen molar-refractivity contribution in [2.75, 3.05) is 5.75 Å². The molecule has 1 aromatic heterocycles. The zero-order chi connectivity index (χ0) is 16.7. The summed E-state index contributed by atoms with van der Waals surface area (Å²) < 4.78 is 0.